The molecule has 0 unspecified atom stereocenters. The summed E-state index contributed by atoms with van der Waals surface area (Å²) in [6, 6.07) is 1.43. The molecule has 0 amide bonds. The maximum absolute atomic E-state index is 10.3. The first kappa shape index (κ1) is 6.99. The van der Waals surface area contributed by atoms with Crippen molar-refractivity contribution in [3.05, 3.63) is 16.1 Å². The van der Waals surface area contributed by atoms with Crippen LogP contribution in [-0.4, -0.2) is 9.62 Å². The van der Waals surface area contributed by atoms with Gasteiger partial charge in [0, 0.05) is 6.07 Å². The van der Waals surface area contributed by atoms with Crippen molar-refractivity contribution in [2.75, 3.05) is 0 Å². The summed E-state index contributed by atoms with van der Waals surface area (Å²) in [5, 5.41) is -0.205. The largest absolute Gasteiger partial charge is 0.275 e. The predicted octanol–water partition coefficient (Wildman–Crippen LogP) is 2.18. The lowest BCUT2D eigenvalue weighted by atomic mass is 10.5. The highest BCUT2D eigenvalue weighted by Gasteiger charge is 2.04. The van der Waals surface area contributed by atoms with E-state index in [-0.39, 0.29) is 0 Å². The Balaban J connectivity index is 2.98. The lowest BCUT2D eigenvalue weighted by Gasteiger charge is -1.75. The summed E-state index contributed by atoms with van der Waals surface area (Å²) in [6.45, 7) is 0. The zero-order valence-electron chi connectivity index (χ0n) is 4.10. The van der Waals surface area contributed by atoms with Gasteiger partial charge in [-0.15, -0.1) is 0 Å². The van der Waals surface area contributed by atoms with Gasteiger partial charge in [-0.1, -0.05) is 11.6 Å². The van der Waals surface area contributed by atoms with Gasteiger partial charge in [0.25, 0.3) is 5.24 Å². The average molecular weight is 182 g/mol. The molecular formula is C4HCl2NOS. The van der Waals surface area contributed by atoms with Crippen LogP contribution >= 0.6 is 34.7 Å². The first-order chi connectivity index (χ1) is 4.20. The first-order valence-corrected chi connectivity index (χ1v) is 3.55. The Bertz CT molecular complexity index is 234. The number of aromatic nitrogens is 1. The van der Waals surface area contributed by atoms with E-state index in [1.807, 2.05) is 0 Å². The second-order valence-corrected chi connectivity index (χ2v) is 2.82. The SMILES string of the molecule is O=C(Cl)c1cc(Cl)ns1. The Labute approximate surface area is 65.6 Å². The summed E-state index contributed by atoms with van der Waals surface area (Å²) in [7, 11) is 0. The smallest absolute Gasteiger partial charge is 0.264 e. The van der Waals surface area contributed by atoms with E-state index in [0.29, 0.717) is 10.0 Å². The van der Waals surface area contributed by atoms with Crippen LogP contribution in [0.2, 0.25) is 5.15 Å². The van der Waals surface area contributed by atoms with Crippen molar-refractivity contribution in [2.45, 2.75) is 0 Å². The standard InChI is InChI=1S/C4HCl2NOS/c5-3-1-2(4(6)8)9-7-3/h1H. The molecule has 0 saturated heterocycles. The van der Waals surface area contributed by atoms with Crippen molar-refractivity contribution >= 4 is 40.0 Å². The maximum Gasteiger partial charge on any atom is 0.264 e. The number of halogens is 2. The number of carbonyl (C=O) groups excluding carboxylic acids is 1. The van der Waals surface area contributed by atoms with Crippen LogP contribution in [0.25, 0.3) is 0 Å². The average Bonchev–Trinajstić information content (AvgIpc) is 2.14. The fraction of sp³-hybridized carbons (Fsp3) is 0. The molecular weight excluding hydrogens is 181 g/mol. The van der Waals surface area contributed by atoms with Crippen LogP contribution in [0.4, 0.5) is 0 Å². The zero-order valence-corrected chi connectivity index (χ0v) is 6.43. The Hall–Kier alpha value is -0.120. The van der Waals surface area contributed by atoms with E-state index in [1.165, 1.54) is 6.07 Å². The highest BCUT2D eigenvalue weighted by Crippen LogP contribution is 2.15. The Morgan fingerprint density at radius 3 is 2.67 bits per heavy atom. The van der Waals surface area contributed by atoms with Gasteiger partial charge in [0.05, 0.1) is 0 Å². The Kier molecular flexibility index (Phi) is 2.05. The highest BCUT2D eigenvalue weighted by molar-refractivity contribution is 7.10. The Morgan fingerprint density at radius 1 is 1.78 bits per heavy atom. The fourth-order valence-corrected chi connectivity index (χ4v) is 1.26. The minimum atomic E-state index is -0.514. The molecule has 0 spiro atoms. The number of hydrogen-bond donors (Lipinski definition) is 0. The molecule has 0 aliphatic carbocycles. The van der Waals surface area contributed by atoms with E-state index >= 15 is 0 Å². The van der Waals surface area contributed by atoms with E-state index in [9.17, 15) is 4.79 Å². The summed E-state index contributed by atoms with van der Waals surface area (Å²) >= 11 is 11.5. The quantitative estimate of drug-likeness (QED) is 0.623. The van der Waals surface area contributed by atoms with Gasteiger partial charge >= 0.3 is 0 Å². The normalized spacial score (nSPS) is 9.56. The van der Waals surface area contributed by atoms with Gasteiger partial charge in [0.15, 0.2) is 0 Å². The van der Waals surface area contributed by atoms with Gasteiger partial charge in [0.1, 0.15) is 10.0 Å². The predicted molar refractivity (Wildman–Crippen MR) is 37.3 cm³/mol. The van der Waals surface area contributed by atoms with Crippen molar-refractivity contribution < 1.29 is 4.79 Å². The third-order valence-electron chi connectivity index (χ3n) is 0.675. The van der Waals surface area contributed by atoms with E-state index < -0.39 is 5.24 Å². The van der Waals surface area contributed by atoms with Gasteiger partial charge in [-0.05, 0) is 23.1 Å². The summed E-state index contributed by atoms with van der Waals surface area (Å²) in [5.74, 6) is 0. The summed E-state index contributed by atoms with van der Waals surface area (Å²) in [6.07, 6.45) is 0. The van der Waals surface area contributed by atoms with Crippen LogP contribution in [0.3, 0.4) is 0 Å². The maximum atomic E-state index is 10.3. The number of nitrogens with zero attached hydrogens (tertiary/aromatic N) is 1. The van der Waals surface area contributed by atoms with E-state index in [1.54, 1.807) is 0 Å². The molecule has 0 aromatic carbocycles. The van der Waals surface area contributed by atoms with Gasteiger partial charge < -0.3 is 0 Å². The molecule has 0 radical (unpaired) electrons. The van der Waals surface area contributed by atoms with Gasteiger partial charge in [-0.25, -0.2) is 0 Å². The summed E-state index contributed by atoms with van der Waals surface area (Å²) in [4.78, 5) is 10.7. The van der Waals surface area contributed by atoms with Crippen LogP contribution in [0.5, 0.6) is 0 Å². The topological polar surface area (TPSA) is 30.0 Å². The van der Waals surface area contributed by atoms with Crippen LogP contribution in [0, 0.1) is 0 Å². The van der Waals surface area contributed by atoms with Gasteiger partial charge in [-0.2, -0.15) is 4.37 Å². The second kappa shape index (κ2) is 2.64. The van der Waals surface area contributed by atoms with Crippen LogP contribution in [0.15, 0.2) is 6.07 Å². The molecule has 0 saturated carbocycles. The molecule has 0 aliphatic heterocycles. The molecule has 0 aliphatic rings. The third kappa shape index (κ3) is 1.64. The van der Waals surface area contributed by atoms with Gasteiger partial charge in [0.2, 0.25) is 0 Å². The number of rotatable bonds is 1. The molecule has 0 bridgehead atoms. The molecule has 1 heterocycles. The van der Waals surface area contributed by atoms with Crippen LogP contribution < -0.4 is 0 Å². The molecule has 1 rings (SSSR count). The van der Waals surface area contributed by atoms with E-state index in [4.69, 9.17) is 23.2 Å². The third-order valence-corrected chi connectivity index (χ3v) is 2.07. The van der Waals surface area contributed by atoms with Crippen molar-refractivity contribution in [2.24, 2.45) is 0 Å². The summed E-state index contributed by atoms with van der Waals surface area (Å²) < 4.78 is 3.64. The van der Waals surface area contributed by atoms with E-state index in [2.05, 4.69) is 4.37 Å². The van der Waals surface area contributed by atoms with Crippen LogP contribution in [-0.2, 0) is 0 Å². The highest BCUT2D eigenvalue weighted by atomic mass is 35.5. The monoisotopic (exact) mass is 181 g/mol. The molecule has 9 heavy (non-hydrogen) atoms. The molecule has 0 atom stereocenters. The molecule has 1 aromatic rings. The van der Waals surface area contributed by atoms with Crippen molar-refractivity contribution in [1.29, 1.82) is 0 Å². The van der Waals surface area contributed by atoms with Crippen LogP contribution in [0.1, 0.15) is 9.67 Å². The zero-order chi connectivity index (χ0) is 6.85. The van der Waals surface area contributed by atoms with E-state index in [0.717, 1.165) is 11.5 Å². The fourth-order valence-electron chi connectivity index (χ4n) is 0.346. The minimum absolute atomic E-state index is 0.309. The molecule has 5 heteroatoms. The van der Waals surface area contributed by atoms with Crippen molar-refractivity contribution in [3.63, 3.8) is 0 Å². The summed E-state index contributed by atoms with van der Waals surface area (Å²) in [5.41, 5.74) is 0. The van der Waals surface area contributed by atoms with Gasteiger partial charge in [-0.3, -0.25) is 4.79 Å². The Morgan fingerprint density at radius 2 is 2.44 bits per heavy atom. The van der Waals surface area contributed by atoms with Crippen molar-refractivity contribution in [1.82, 2.24) is 4.37 Å². The number of hydrogen-bond acceptors (Lipinski definition) is 3. The molecule has 2 nitrogen and oxygen atoms in total. The molecule has 0 fully saturated rings. The lowest BCUT2D eigenvalue weighted by Crippen LogP contribution is -1.78. The first-order valence-electron chi connectivity index (χ1n) is 2.02. The van der Waals surface area contributed by atoms with Crippen molar-refractivity contribution in [3.8, 4) is 0 Å². The second-order valence-electron chi connectivity index (χ2n) is 1.29. The number of carbonyl (C=O) groups is 1. The molecule has 0 N–H and O–H groups in total. The molecule has 48 valence electrons. The minimum Gasteiger partial charge on any atom is -0.275 e. The molecule has 1 aromatic heterocycles. The lowest BCUT2D eigenvalue weighted by molar-refractivity contribution is 0.108.